The van der Waals surface area contributed by atoms with Crippen molar-refractivity contribution >= 4 is 21.6 Å². The molecule has 0 spiro atoms. The van der Waals surface area contributed by atoms with Gasteiger partial charge in [-0.25, -0.2) is 8.42 Å². The molecule has 0 bridgehead atoms. The van der Waals surface area contributed by atoms with E-state index in [0.717, 1.165) is 27.3 Å². The van der Waals surface area contributed by atoms with Gasteiger partial charge >= 0.3 is 0 Å². The van der Waals surface area contributed by atoms with Gasteiger partial charge in [0.15, 0.2) is 0 Å². The fourth-order valence-electron chi connectivity index (χ4n) is 3.33. The Hall–Kier alpha value is -2.54. The van der Waals surface area contributed by atoms with E-state index in [1.807, 2.05) is 34.6 Å². The van der Waals surface area contributed by atoms with E-state index < -0.39 is 10.0 Å². The Balaban J connectivity index is 2.22. The predicted octanol–water partition coefficient (Wildman–Crippen LogP) is 4.04. The fourth-order valence-corrected chi connectivity index (χ4v) is 4.18. The third kappa shape index (κ3) is 6.23. The summed E-state index contributed by atoms with van der Waals surface area (Å²) in [6.45, 7) is 11.5. The molecule has 2 aromatic carbocycles. The van der Waals surface area contributed by atoms with Crippen molar-refractivity contribution in [3.05, 3.63) is 58.7 Å². The minimum atomic E-state index is -3.66. The highest BCUT2D eigenvalue weighted by atomic mass is 32.2. The summed E-state index contributed by atoms with van der Waals surface area (Å²) in [5, 5.41) is 2.93. The number of sulfonamides is 1. The summed E-state index contributed by atoms with van der Waals surface area (Å²) < 4.78 is 31.5. The fraction of sp³-hybridized carbons (Fsp3) is 0.435. The zero-order chi connectivity index (χ0) is 22.6. The molecule has 0 aromatic heterocycles. The second kappa shape index (κ2) is 9.51. The first kappa shape index (κ1) is 23.7. The van der Waals surface area contributed by atoms with E-state index in [-0.39, 0.29) is 24.6 Å². The van der Waals surface area contributed by atoms with Crippen LogP contribution in [-0.4, -0.2) is 33.2 Å². The van der Waals surface area contributed by atoms with Gasteiger partial charge < -0.3 is 10.1 Å². The van der Waals surface area contributed by atoms with Gasteiger partial charge in [0, 0.05) is 6.07 Å². The largest absolute Gasteiger partial charge is 0.491 e. The van der Waals surface area contributed by atoms with Gasteiger partial charge in [0.05, 0.1) is 24.1 Å². The third-order valence-corrected chi connectivity index (χ3v) is 6.03. The van der Waals surface area contributed by atoms with E-state index >= 15 is 0 Å². The van der Waals surface area contributed by atoms with Crippen LogP contribution in [0.15, 0.2) is 36.4 Å². The highest BCUT2D eigenvalue weighted by Gasteiger charge is 2.23. The van der Waals surface area contributed by atoms with Gasteiger partial charge in [0.2, 0.25) is 15.9 Å². The lowest BCUT2D eigenvalue weighted by Crippen LogP contribution is -2.41. The topological polar surface area (TPSA) is 75.7 Å². The summed E-state index contributed by atoms with van der Waals surface area (Å²) in [7, 11) is -3.66. The lowest BCUT2D eigenvalue weighted by Gasteiger charge is -2.24. The maximum Gasteiger partial charge on any atom is 0.241 e. The summed E-state index contributed by atoms with van der Waals surface area (Å²) in [6, 6.07) is 10.7. The Morgan fingerprint density at radius 3 is 2.27 bits per heavy atom. The van der Waals surface area contributed by atoms with Crippen molar-refractivity contribution in [1.82, 2.24) is 5.32 Å². The number of hydrogen-bond acceptors (Lipinski definition) is 4. The minimum Gasteiger partial charge on any atom is -0.491 e. The summed E-state index contributed by atoms with van der Waals surface area (Å²) >= 11 is 0. The molecule has 0 aliphatic heterocycles. The monoisotopic (exact) mass is 432 g/mol. The molecule has 0 saturated carbocycles. The average Bonchev–Trinajstić information content (AvgIpc) is 2.61. The molecule has 2 rings (SSSR count). The standard InChI is InChI=1S/C23H32N2O4S/c1-15(2)29-21-10-8-9-20(13-21)25(30(7,27)28)14-23(26)24-19(6)22-12-17(4)16(3)11-18(22)5/h8-13,15,19H,14H2,1-7H3,(H,24,26)/t19-/m1/s1. The van der Waals surface area contributed by atoms with Gasteiger partial charge in [0.25, 0.3) is 0 Å². The van der Waals surface area contributed by atoms with Crippen molar-refractivity contribution in [3.8, 4) is 5.75 Å². The molecule has 1 amide bonds. The van der Waals surface area contributed by atoms with Crippen LogP contribution in [0.1, 0.15) is 49.1 Å². The second-order valence-electron chi connectivity index (χ2n) is 8.02. The number of carbonyl (C=O) groups excluding carboxylic acids is 1. The lowest BCUT2D eigenvalue weighted by molar-refractivity contribution is -0.120. The van der Waals surface area contributed by atoms with Crippen LogP contribution in [0.25, 0.3) is 0 Å². The summed E-state index contributed by atoms with van der Waals surface area (Å²) in [5.41, 5.74) is 4.84. The van der Waals surface area contributed by atoms with Crippen LogP contribution < -0.4 is 14.4 Å². The van der Waals surface area contributed by atoms with Gasteiger partial charge in [-0.1, -0.05) is 18.2 Å². The molecule has 30 heavy (non-hydrogen) atoms. The van der Waals surface area contributed by atoms with Crippen LogP contribution in [0.5, 0.6) is 5.75 Å². The first-order valence-electron chi connectivity index (χ1n) is 10.00. The Morgan fingerprint density at radius 2 is 1.67 bits per heavy atom. The second-order valence-corrected chi connectivity index (χ2v) is 9.92. The molecule has 164 valence electrons. The smallest absolute Gasteiger partial charge is 0.241 e. The lowest BCUT2D eigenvalue weighted by atomic mass is 9.96. The number of ether oxygens (including phenoxy) is 1. The number of anilines is 1. The molecule has 0 saturated heterocycles. The molecule has 0 fully saturated rings. The number of amides is 1. The zero-order valence-corrected chi connectivity index (χ0v) is 19.6. The number of rotatable bonds is 8. The van der Waals surface area contributed by atoms with E-state index in [9.17, 15) is 13.2 Å². The van der Waals surface area contributed by atoms with Crippen LogP contribution in [0.4, 0.5) is 5.69 Å². The van der Waals surface area contributed by atoms with E-state index in [0.29, 0.717) is 11.4 Å². The molecule has 0 aliphatic carbocycles. The molecule has 0 aliphatic rings. The van der Waals surface area contributed by atoms with Gasteiger partial charge in [-0.2, -0.15) is 0 Å². The molecule has 0 radical (unpaired) electrons. The van der Waals surface area contributed by atoms with Crippen LogP contribution in [-0.2, 0) is 14.8 Å². The molecular weight excluding hydrogens is 400 g/mol. The van der Waals surface area contributed by atoms with Crippen LogP contribution in [0.3, 0.4) is 0 Å². The molecule has 2 aromatic rings. The van der Waals surface area contributed by atoms with Crippen LogP contribution in [0, 0.1) is 20.8 Å². The quantitative estimate of drug-likeness (QED) is 0.683. The van der Waals surface area contributed by atoms with Crippen LogP contribution >= 0.6 is 0 Å². The number of carbonyl (C=O) groups is 1. The number of aryl methyl sites for hydroxylation is 3. The van der Waals surface area contributed by atoms with Crippen molar-refractivity contribution in [2.45, 2.75) is 53.7 Å². The van der Waals surface area contributed by atoms with E-state index in [2.05, 4.69) is 24.4 Å². The van der Waals surface area contributed by atoms with Gasteiger partial charge in [0.1, 0.15) is 12.3 Å². The first-order valence-corrected chi connectivity index (χ1v) is 11.8. The van der Waals surface area contributed by atoms with E-state index in [1.165, 1.54) is 5.56 Å². The van der Waals surface area contributed by atoms with Crippen molar-refractivity contribution < 1.29 is 17.9 Å². The molecule has 7 heteroatoms. The average molecular weight is 433 g/mol. The Labute approximate surface area is 180 Å². The highest BCUT2D eigenvalue weighted by Crippen LogP contribution is 2.25. The SMILES string of the molecule is Cc1cc(C)c([C@@H](C)NC(=O)CN(c2cccc(OC(C)C)c2)S(C)(=O)=O)cc1C. The predicted molar refractivity (Wildman–Crippen MR) is 122 cm³/mol. The molecular formula is C23H32N2O4S. The van der Waals surface area contributed by atoms with E-state index in [4.69, 9.17) is 4.74 Å². The van der Waals surface area contributed by atoms with Gasteiger partial charge in [-0.3, -0.25) is 9.10 Å². The summed E-state index contributed by atoms with van der Waals surface area (Å²) in [6.07, 6.45) is 1.05. The number of hydrogen-bond donors (Lipinski definition) is 1. The Morgan fingerprint density at radius 1 is 1.03 bits per heavy atom. The van der Waals surface area contributed by atoms with Crippen molar-refractivity contribution in [2.24, 2.45) is 0 Å². The van der Waals surface area contributed by atoms with Crippen molar-refractivity contribution in [2.75, 3.05) is 17.1 Å². The molecule has 6 nitrogen and oxygen atoms in total. The molecule has 0 heterocycles. The maximum absolute atomic E-state index is 12.7. The summed E-state index contributed by atoms with van der Waals surface area (Å²) in [4.78, 5) is 12.7. The number of nitrogens with one attached hydrogen (secondary N) is 1. The van der Waals surface area contributed by atoms with E-state index in [1.54, 1.807) is 24.3 Å². The molecule has 1 N–H and O–H groups in total. The number of benzene rings is 2. The molecule has 1 atom stereocenters. The normalized spacial score (nSPS) is 12.5. The maximum atomic E-state index is 12.7. The Bertz CT molecular complexity index is 1020. The van der Waals surface area contributed by atoms with Crippen molar-refractivity contribution in [1.29, 1.82) is 0 Å². The van der Waals surface area contributed by atoms with Gasteiger partial charge in [-0.05, 0) is 75.9 Å². The van der Waals surface area contributed by atoms with Gasteiger partial charge in [-0.15, -0.1) is 0 Å². The molecule has 0 unspecified atom stereocenters. The number of nitrogens with zero attached hydrogens (tertiary/aromatic N) is 1. The van der Waals surface area contributed by atoms with Crippen LogP contribution in [0.2, 0.25) is 0 Å². The first-order chi connectivity index (χ1) is 13.9. The minimum absolute atomic E-state index is 0.0442. The zero-order valence-electron chi connectivity index (χ0n) is 18.8. The summed E-state index contributed by atoms with van der Waals surface area (Å²) in [5.74, 6) is 0.177. The third-order valence-electron chi connectivity index (χ3n) is 4.89. The highest BCUT2D eigenvalue weighted by molar-refractivity contribution is 7.92. The Kier molecular flexibility index (Phi) is 7.53. The van der Waals surface area contributed by atoms with Crippen molar-refractivity contribution in [3.63, 3.8) is 0 Å².